The molecule has 0 atom stereocenters. The van der Waals surface area contributed by atoms with Crippen molar-refractivity contribution in [3.63, 3.8) is 0 Å². The van der Waals surface area contributed by atoms with Gasteiger partial charge in [-0.3, -0.25) is 4.90 Å². The van der Waals surface area contributed by atoms with Crippen molar-refractivity contribution in [2.75, 3.05) is 37.6 Å². The average Bonchev–Trinajstić information content (AvgIpc) is 2.46. The van der Waals surface area contributed by atoms with Crippen LogP contribution in [0, 0.1) is 0 Å². The van der Waals surface area contributed by atoms with E-state index in [1.807, 2.05) is 0 Å². The zero-order valence-electron chi connectivity index (χ0n) is 12.7. The summed E-state index contributed by atoms with van der Waals surface area (Å²) in [5.74, 6) is 0.616. The van der Waals surface area contributed by atoms with Gasteiger partial charge in [-0.2, -0.15) is 0 Å². The highest BCUT2D eigenvalue weighted by molar-refractivity contribution is 5.49. The highest BCUT2D eigenvalue weighted by Crippen LogP contribution is 2.22. The Balaban J connectivity index is 1.92. The molecule has 106 valence electrons. The van der Waals surface area contributed by atoms with Crippen molar-refractivity contribution in [3.8, 4) is 0 Å². The van der Waals surface area contributed by atoms with Crippen molar-refractivity contribution in [2.45, 2.75) is 39.5 Å². The molecule has 19 heavy (non-hydrogen) atoms. The van der Waals surface area contributed by atoms with Gasteiger partial charge in [0.05, 0.1) is 0 Å². The van der Waals surface area contributed by atoms with Crippen LogP contribution in [0.5, 0.6) is 0 Å². The highest BCUT2D eigenvalue weighted by atomic mass is 15.3. The first-order valence-corrected chi connectivity index (χ1v) is 7.78. The van der Waals surface area contributed by atoms with Gasteiger partial charge in [-0.1, -0.05) is 39.3 Å². The summed E-state index contributed by atoms with van der Waals surface area (Å²) in [6, 6.07) is 9.07. The second kappa shape index (κ2) is 6.95. The minimum absolute atomic E-state index is 0.616. The van der Waals surface area contributed by atoms with Crippen LogP contribution in [0.25, 0.3) is 0 Å². The predicted molar refractivity (Wildman–Crippen MR) is 84.1 cm³/mol. The molecular weight excluding hydrogens is 232 g/mol. The van der Waals surface area contributed by atoms with Crippen LogP contribution in [0.1, 0.15) is 45.1 Å². The molecule has 1 aliphatic rings. The van der Waals surface area contributed by atoms with Crippen LogP contribution >= 0.6 is 0 Å². The Hall–Kier alpha value is -1.02. The molecule has 0 unspecified atom stereocenters. The lowest BCUT2D eigenvalue weighted by Gasteiger charge is -2.36. The Morgan fingerprint density at radius 1 is 1.11 bits per heavy atom. The maximum absolute atomic E-state index is 2.60. The predicted octanol–water partition coefficient (Wildman–Crippen LogP) is 3.73. The lowest BCUT2D eigenvalue weighted by Crippen LogP contribution is -2.46. The minimum atomic E-state index is 0.616. The summed E-state index contributed by atoms with van der Waals surface area (Å²) in [5.41, 5.74) is 2.85. The first-order chi connectivity index (χ1) is 9.20. The molecule has 0 saturated carbocycles. The van der Waals surface area contributed by atoms with E-state index in [1.54, 1.807) is 0 Å². The summed E-state index contributed by atoms with van der Waals surface area (Å²) in [6.07, 6.45) is 2.64. The van der Waals surface area contributed by atoms with Crippen LogP contribution in [0.2, 0.25) is 0 Å². The molecule has 0 amide bonds. The van der Waals surface area contributed by atoms with Crippen LogP contribution in [-0.4, -0.2) is 37.6 Å². The second-order valence-electron chi connectivity index (χ2n) is 5.93. The highest BCUT2D eigenvalue weighted by Gasteiger charge is 2.16. The van der Waals surface area contributed by atoms with Crippen LogP contribution in [0.15, 0.2) is 24.3 Å². The molecule has 0 radical (unpaired) electrons. The van der Waals surface area contributed by atoms with Gasteiger partial charge in [0.1, 0.15) is 0 Å². The molecule has 0 N–H and O–H groups in total. The molecule has 1 saturated heterocycles. The fourth-order valence-corrected chi connectivity index (χ4v) is 2.69. The first kappa shape index (κ1) is 14.4. The number of rotatable bonds is 5. The maximum Gasteiger partial charge on any atom is 0.0369 e. The fourth-order valence-electron chi connectivity index (χ4n) is 2.69. The first-order valence-electron chi connectivity index (χ1n) is 7.78. The summed E-state index contributed by atoms with van der Waals surface area (Å²) in [5, 5.41) is 0. The van der Waals surface area contributed by atoms with Gasteiger partial charge in [0, 0.05) is 31.9 Å². The fraction of sp³-hybridized carbons (Fsp3) is 0.647. The van der Waals surface area contributed by atoms with Gasteiger partial charge < -0.3 is 4.90 Å². The molecular formula is C17H28N2. The van der Waals surface area contributed by atoms with E-state index in [1.165, 1.54) is 56.8 Å². The van der Waals surface area contributed by atoms with Crippen molar-refractivity contribution in [2.24, 2.45) is 0 Å². The van der Waals surface area contributed by atoms with Crippen LogP contribution < -0.4 is 4.90 Å². The van der Waals surface area contributed by atoms with Crippen LogP contribution in [-0.2, 0) is 0 Å². The number of piperazine rings is 1. The number of anilines is 1. The molecule has 0 bridgehead atoms. The molecule has 1 aliphatic heterocycles. The SMILES string of the molecule is CCCCN1CCN(c2cccc(C(C)C)c2)CC1. The summed E-state index contributed by atoms with van der Waals surface area (Å²) >= 11 is 0. The van der Waals surface area contributed by atoms with Gasteiger partial charge in [0.15, 0.2) is 0 Å². The minimum Gasteiger partial charge on any atom is -0.369 e. The number of hydrogen-bond acceptors (Lipinski definition) is 2. The van der Waals surface area contributed by atoms with E-state index >= 15 is 0 Å². The van der Waals surface area contributed by atoms with Crippen molar-refractivity contribution < 1.29 is 0 Å². The standard InChI is InChI=1S/C17H28N2/c1-4-5-9-18-10-12-19(13-11-18)17-8-6-7-16(14-17)15(2)3/h6-8,14-15H,4-5,9-13H2,1-3H3. The van der Waals surface area contributed by atoms with E-state index in [9.17, 15) is 0 Å². The molecule has 2 rings (SSSR count). The van der Waals surface area contributed by atoms with Crippen molar-refractivity contribution >= 4 is 5.69 Å². The molecule has 1 aromatic carbocycles. The van der Waals surface area contributed by atoms with E-state index < -0.39 is 0 Å². The van der Waals surface area contributed by atoms with Gasteiger partial charge in [-0.15, -0.1) is 0 Å². The molecule has 1 fully saturated rings. The number of benzene rings is 1. The van der Waals surface area contributed by atoms with E-state index in [2.05, 4.69) is 54.8 Å². The van der Waals surface area contributed by atoms with Crippen molar-refractivity contribution in [1.82, 2.24) is 4.90 Å². The summed E-state index contributed by atoms with van der Waals surface area (Å²) in [4.78, 5) is 5.14. The number of unbranched alkanes of at least 4 members (excludes halogenated alkanes) is 1. The molecule has 1 aromatic rings. The summed E-state index contributed by atoms with van der Waals surface area (Å²) in [6.45, 7) is 12.8. The Labute approximate surface area is 118 Å². The van der Waals surface area contributed by atoms with E-state index in [0.29, 0.717) is 5.92 Å². The largest absolute Gasteiger partial charge is 0.369 e. The maximum atomic E-state index is 2.60. The van der Waals surface area contributed by atoms with E-state index in [4.69, 9.17) is 0 Å². The molecule has 0 spiro atoms. The third-order valence-electron chi connectivity index (χ3n) is 4.10. The van der Waals surface area contributed by atoms with Crippen molar-refractivity contribution in [1.29, 1.82) is 0 Å². The second-order valence-corrected chi connectivity index (χ2v) is 5.93. The third kappa shape index (κ3) is 3.97. The van der Waals surface area contributed by atoms with Crippen LogP contribution in [0.4, 0.5) is 5.69 Å². The lowest BCUT2D eigenvalue weighted by atomic mass is 10.0. The lowest BCUT2D eigenvalue weighted by molar-refractivity contribution is 0.254. The number of nitrogens with zero attached hydrogens (tertiary/aromatic N) is 2. The summed E-state index contributed by atoms with van der Waals surface area (Å²) < 4.78 is 0. The quantitative estimate of drug-likeness (QED) is 0.796. The monoisotopic (exact) mass is 260 g/mol. The zero-order valence-corrected chi connectivity index (χ0v) is 12.7. The van der Waals surface area contributed by atoms with Gasteiger partial charge in [0.2, 0.25) is 0 Å². The van der Waals surface area contributed by atoms with Gasteiger partial charge in [-0.05, 0) is 36.6 Å². The third-order valence-corrected chi connectivity index (χ3v) is 4.10. The van der Waals surface area contributed by atoms with Crippen LogP contribution in [0.3, 0.4) is 0 Å². The zero-order chi connectivity index (χ0) is 13.7. The Bertz CT molecular complexity index is 379. The summed E-state index contributed by atoms with van der Waals surface area (Å²) in [7, 11) is 0. The Kier molecular flexibility index (Phi) is 5.26. The topological polar surface area (TPSA) is 6.48 Å². The molecule has 1 heterocycles. The number of hydrogen-bond donors (Lipinski definition) is 0. The Morgan fingerprint density at radius 3 is 2.47 bits per heavy atom. The van der Waals surface area contributed by atoms with Gasteiger partial charge in [0.25, 0.3) is 0 Å². The molecule has 2 heteroatoms. The van der Waals surface area contributed by atoms with Crippen molar-refractivity contribution in [3.05, 3.63) is 29.8 Å². The Morgan fingerprint density at radius 2 is 1.84 bits per heavy atom. The molecule has 0 aliphatic carbocycles. The van der Waals surface area contributed by atoms with Gasteiger partial charge in [-0.25, -0.2) is 0 Å². The van der Waals surface area contributed by atoms with E-state index in [-0.39, 0.29) is 0 Å². The normalized spacial score (nSPS) is 17.2. The van der Waals surface area contributed by atoms with Gasteiger partial charge >= 0.3 is 0 Å². The van der Waals surface area contributed by atoms with E-state index in [0.717, 1.165) is 0 Å². The molecule has 2 nitrogen and oxygen atoms in total. The smallest absolute Gasteiger partial charge is 0.0369 e. The molecule has 0 aromatic heterocycles. The average molecular weight is 260 g/mol.